The summed E-state index contributed by atoms with van der Waals surface area (Å²) in [5.74, 6) is 0. The van der Waals surface area contributed by atoms with Crippen molar-refractivity contribution in [1.29, 1.82) is 0 Å². The molecule has 0 aromatic carbocycles. The van der Waals surface area contributed by atoms with E-state index in [-0.39, 0.29) is 18.2 Å². The van der Waals surface area contributed by atoms with E-state index in [1.165, 1.54) is 0 Å². The van der Waals surface area contributed by atoms with Gasteiger partial charge in [-0.1, -0.05) is 0 Å². The Morgan fingerprint density at radius 1 is 1.46 bits per heavy atom. The van der Waals surface area contributed by atoms with Gasteiger partial charge in [-0.25, -0.2) is 4.79 Å². The molecule has 2 aliphatic heterocycles. The van der Waals surface area contributed by atoms with Crippen molar-refractivity contribution in [3.8, 4) is 0 Å². The maximum absolute atomic E-state index is 11.1. The van der Waals surface area contributed by atoms with Gasteiger partial charge in [-0.2, -0.15) is 0 Å². The van der Waals surface area contributed by atoms with Crippen molar-refractivity contribution < 1.29 is 14.3 Å². The van der Waals surface area contributed by atoms with Crippen LogP contribution in [0.15, 0.2) is 0 Å². The molecule has 74 valence electrons. The number of morpholine rings is 1. The molecule has 0 bridgehead atoms. The van der Waals surface area contributed by atoms with Crippen LogP contribution in [0.5, 0.6) is 0 Å². The second kappa shape index (κ2) is 3.51. The first kappa shape index (κ1) is 8.77. The molecule has 0 radical (unpaired) electrons. The third kappa shape index (κ3) is 1.62. The number of amides is 2. The number of rotatable bonds is 0. The summed E-state index contributed by atoms with van der Waals surface area (Å²) in [6.45, 7) is 2.44. The van der Waals surface area contributed by atoms with Gasteiger partial charge in [-0.3, -0.25) is 0 Å². The summed E-state index contributed by atoms with van der Waals surface area (Å²) in [5.41, 5.74) is 5.26. The Bertz CT molecular complexity index is 208. The predicted octanol–water partition coefficient (Wildman–Crippen LogP) is -0.445. The van der Waals surface area contributed by atoms with E-state index in [1.807, 2.05) is 0 Å². The first-order valence-corrected chi connectivity index (χ1v) is 4.54. The zero-order valence-corrected chi connectivity index (χ0v) is 7.44. The van der Waals surface area contributed by atoms with Gasteiger partial charge >= 0.3 is 6.03 Å². The summed E-state index contributed by atoms with van der Waals surface area (Å²) in [5, 5.41) is 0. The molecule has 0 aromatic heterocycles. The number of hydrogen-bond donors (Lipinski definition) is 1. The smallest absolute Gasteiger partial charge is 0.315 e. The van der Waals surface area contributed by atoms with E-state index in [1.54, 1.807) is 4.90 Å². The first-order chi connectivity index (χ1) is 6.29. The minimum Gasteiger partial charge on any atom is -0.379 e. The van der Waals surface area contributed by atoms with Crippen molar-refractivity contribution >= 4 is 6.03 Å². The minimum atomic E-state index is -0.347. The van der Waals surface area contributed by atoms with Crippen LogP contribution >= 0.6 is 0 Å². The molecule has 0 aliphatic carbocycles. The fourth-order valence-corrected chi connectivity index (χ4v) is 1.96. The van der Waals surface area contributed by atoms with Crippen molar-refractivity contribution in [3.05, 3.63) is 0 Å². The fraction of sp³-hybridized carbons (Fsp3) is 0.875. The lowest BCUT2D eigenvalue weighted by Gasteiger charge is -2.42. The van der Waals surface area contributed by atoms with E-state index in [2.05, 4.69) is 0 Å². The monoisotopic (exact) mass is 186 g/mol. The second-order valence-electron chi connectivity index (χ2n) is 3.37. The molecule has 5 heteroatoms. The van der Waals surface area contributed by atoms with Crippen LogP contribution in [0.1, 0.15) is 6.42 Å². The van der Waals surface area contributed by atoms with E-state index in [0.717, 1.165) is 6.42 Å². The molecule has 2 fully saturated rings. The molecule has 2 amide bonds. The summed E-state index contributed by atoms with van der Waals surface area (Å²) in [4.78, 5) is 12.8. The number of nitrogens with two attached hydrogens (primary N) is 1. The average molecular weight is 186 g/mol. The minimum absolute atomic E-state index is 0.0231. The molecule has 2 N–H and O–H groups in total. The molecule has 0 aromatic rings. The number of hydrogen-bond acceptors (Lipinski definition) is 3. The molecule has 2 saturated heterocycles. The molecule has 0 spiro atoms. The Kier molecular flexibility index (Phi) is 2.37. The molecule has 13 heavy (non-hydrogen) atoms. The highest BCUT2D eigenvalue weighted by atomic mass is 16.5. The molecule has 5 nitrogen and oxygen atoms in total. The van der Waals surface area contributed by atoms with Crippen LogP contribution < -0.4 is 5.73 Å². The van der Waals surface area contributed by atoms with Gasteiger partial charge in [0.05, 0.1) is 19.3 Å². The van der Waals surface area contributed by atoms with Crippen LogP contribution in [0.25, 0.3) is 0 Å². The third-order valence-electron chi connectivity index (χ3n) is 2.62. The quantitative estimate of drug-likeness (QED) is 0.557. The Hall–Kier alpha value is -0.810. The molecule has 2 aliphatic rings. The number of carbonyl (C=O) groups is 1. The zero-order valence-electron chi connectivity index (χ0n) is 7.44. The molecule has 2 rings (SSSR count). The van der Waals surface area contributed by atoms with E-state index in [4.69, 9.17) is 15.2 Å². The SMILES string of the molecule is NC(=O)N1CCO[C@@H]2COCC[C@@H]21. The van der Waals surface area contributed by atoms with E-state index in [9.17, 15) is 4.79 Å². The number of primary amides is 1. The van der Waals surface area contributed by atoms with Crippen molar-refractivity contribution in [2.24, 2.45) is 5.73 Å². The molecule has 0 saturated carbocycles. The number of ether oxygens (including phenoxy) is 2. The summed E-state index contributed by atoms with van der Waals surface area (Å²) in [6, 6.07) is -0.222. The van der Waals surface area contributed by atoms with Gasteiger partial charge in [0, 0.05) is 13.2 Å². The van der Waals surface area contributed by atoms with Crippen LogP contribution in [0.2, 0.25) is 0 Å². The van der Waals surface area contributed by atoms with Crippen LogP contribution in [-0.4, -0.2) is 49.4 Å². The van der Waals surface area contributed by atoms with Crippen molar-refractivity contribution in [2.75, 3.05) is 26.4 Å². The third-order valence-corrected chi connectivity index (χ3v) is 2.62. The van der Waals surface area contributed by atoms with Gasteiger partial charge in [0.15, 0.2) is 0 Å². The summed E-state index contributed by atoms with van der Waals surface area (Å²) in [7, 11) is 0. The Morgan fingerprint density at radius 2 is 2.31 bits per heavy atom. The van der Waals surface area contributed by atoms with Gasteiger partial charge < -0.3 is 20.1 Å². The van der Waals surface area contributed by atoms with Crippen LogP contribution in [0.3, 0.4) is 0 Å². The summed E-state index contributed by atoms with van der Waals surface area (Å²) in [6.07, 6.45) is 0.850. The normalized spacial score (nSPS) is 34.0. The highest BCUT2D eigenvalue weighted by molar-refractivity contribution is 5.72. The average Bonchev–Trinajstić information content (AvgIpc) is 2.17. The Morgan fingerprint density at radius 3 is 3.08 bits per heavy atom. The lowest BCUT2D eigenvalue weighted by Crippen LogP contribution is -2.58. The van der Waals surface area contributed by atoms with Crippen LogP contribution in [0, 0.1) is 0 Å². The van der Waals surface area contributed by atoms with Gasteiger partial charge in [0.25, 0.3) is 0 Å². The lowest BCUT2D eigenvalue weighted by atomic mass is 10.0. The summed E-state index contributed by atoms with van der Waals surface area (Å²) < 4.78 is 10.8. The van der Waals surface area contributed by atoms with Gasteiger partial charge in [-0.15, -0.1) is 0 Å². The zero-order chi connectivity index (χ0) is 9.26. The second-order valence-corrected chi connectivity index (χ2v) is 3.37. The number of urea groups is 1. The van der Waals surface area contributed by atoms with Crippen LogP contribution in [0.4, 0.5) is 4.79 Å². The van der Waals surface area contributed by atoms with E-state index in [0.29, 0.717) is 26.4 Å². The van der Waals surface area contributed by atoms with Crippen molar-refractivity contribution in [2.45, 2.75) is 18.6 Å². The molecule has 2 heterocycles. The standard InChI is InChI=1S/C8H14N2O3/c9-8(11)10-2-4-13-7-5-12-3-1-6(7)10/h6-7H,1-5H2,(H2,9,11)/t6-,7+/m0/s1. The maximum atomic E-state index is 11.1. The summed E-state index contributed by atoms with van der Waals surface area (Å²) >= 11 is 0. The highest BCUT2D eigenvalue weighted by Gasteiger charge is 2.36. The fourth-order valence-electron chi connectivity index (χ4n) is 1.96. The van der Waals surface area contributed by atoms with Crippen molar-refractivity contribution in [1.82, 2.24) is 4.90 Å². The van der Waals surface area contributed by atoms with Gasteiger partial charge in [0.2, 0.25) is 0 Å². The van der Waals surface area contributed by atoms with E-state index < -0.39 is 0 Å². The highest BCUT2D eigenvalue weighted by Crippen LogP contribution is 2.21. The first-order valence-electron chi connectivity index (χ1n) is 4.54. The topological polar surface area (TPSA) is 64.8 Å². The molecular weight excluding hydrogens is 172 g/mol. The predicted molar refractivity (Wildman–Crippen MR) is 45.3 cm³/mol. The van der Waals surface area contributed by atoms with Crippen LogP contribution in [-0.2, 0) is 9.47 Å². The Labute approximate surface area is 76.8 Å². The number of fused-ring (bicyclic) bond motifs is 1. The number of nitrogens with zero attached hydrogens (tertiary/aromatic N) is 1. The molecular formula is C8H14N2O3. The van der Waals surface area contributed by atoms with Crippen molar-refractivity contribution in [3.63, 3.8) is 0 Å². The molecule has 0 unspecified atom stereocenters. The lowest BCUT2D eigenvalue weighted by molar-refractivity contribution is -0.121. The number of carbonyl (C=O) groups excluding carboxylic acids is 1. The van der Waals surface area contributed by atoms with Gasteiger partial charge in [0.1, 0.15) is 6.10 Å². The largest absolute Gasteiger partial charge is 0.379 e. The maximum Gasteiger partial charge on any atom is 0.315 e. The molecule has 2 atom stereocenters. The van der Waals surface area contributed by atoms with Gasteiger partial charge in [-0.05, 0) is 6.42 Å². The Balaban J connectivity index is 2.06. The van der Waals surface area contributed by atoms with E-state index >= 15 is 0 Å².